The maximum atomic E-state index is 13.5. The van der Waals surface area contributed by atoms with E-state index in [9.17, 15) is 4.39 Å². The first kappa shape index (κ1) is 13.7. The van der Waals surface area contributed by atoms with Crippen molar-refractivity contribution in [3.8, 4) is 11.3 Å². The summed E-state index contributed by atoms with van der Waals surface area (Å²) in [5, 5.41) is 3.54. The minimum Gasteiger partial charge on any atom is -0.370 e. The minimum absolute atomic E-state index is 0.357. The van der Waals surface area contributed by atoms with Crippen molar-refractivity contribution >= 4 is 17.4 Å². The van der Waals surface area contributed by atoms with Crippen molar-refractivity contribution in [2.75, 3.05) is 11.9 Å². The molecule has 0 bridgehead atoms. The Bertz CT molecular complexity index is 594. The van der Waals surface area contributed by atoms with Gasteiger partial charge in [0, 0.05) is 22.7 Å². The van der Waals surface area contributed by atoms with Crippen LogP contribution in [0.2, 0.25) is 5.02 Å². The molecule has 0 aliphatic rings. The summed E-state index contributed by atoms with van der Waals surface area (Å²) in [5.41, 5.74) is 2.24. The third-order valence-corrected chi connectivity index (χ3v) is 2.96. The number of hydrogen-bond donors (Lipinski definition) is 1. The largest absolute Gasteiger partial charge is 0.370 e. The zero-order valence-corrected chi connectivity index (χ0v) is 11.8. The van der Waals surface area contributed by atoms with Gasteiger partial charge in [-0.25, -0.2) is 14.4 Å². The molecule has 0 unspecified atom stereocenters. The van der Waals surface area contributed by atoms with Gasteiger partial charge in [-0.2, -0.15) is 0 Å². The van der Waals surface area contributed by atoms with Crippen molar-refractivity contribution in [1.82, 2.24) is 9.97 Å². The average Bonchev–Trinajstić information content (AvgIpc) is 2.32. The van der Waals surface area contributed by atoms with E-state index in [0.29, 0.717) is 22.1 Å². The van der Waals surface area contributed by atoms with Gasteiger partial charge in [-0.1, -0.05) is 11.6 Å². The van der Waals surface area contributed by atoms with Gasteiger partial charge < -0.3 is 5.32 Å². The molecule has 0 spiro atoms. The van der Waals surface area contributed by atoms with Crippen LogP contribution >= 0.6 is 11.6 Å². The summed E-state index contributed by atoms with van der Waals surface area (Å²) in [6, 6.07) is 4.41. The second kappa shape index (κ2) is 5.53. The van der Waals surface area contributed by atoms with Crippen LogP contribution in [0.3, 0.4) is 0 Å². The predicted molar refractivity (Wildman–Crippen MR) is 76.1 cm³/mol. The lowest BCUT2D eigenvalue weighted by Crippen LogP contribution is -2.06. The standard InChI is InChI=1S/C14H15ClFN3/c1-4-17-14-8(2)13(18-9(3)19-14)10-5-11(15)7-12(16)6-10/h5-7H,4H2,1-3H3,(H,17,18,19). The van der Waals surface area contributed by atoms with Gasteiger partial charge in [0.1, 0.15) is 17.5 Å². The van der Waals surface area contributed by atoms with Gasteiger partial charge in [0.15, 0.2) is 0 Å². The molecular weight excluding hydrogens is 265 g/mol. The quantitative estimate of drug-likeness (QED) is 0.923. The van der Waals surface area contributed by atoms with E-state index in [1.165, 1.54) is 12.1 Å². The van der Waals surface area contributed by atoms with Crippen LogP contribution in [0.15, 0.2) is 18.2 Å². The van der Waals surface area contributed by atoms with E-state index >= 15 is 0 Å². The van der Waals surface area contributed by atoms with Crippen molar-refractivity contribution in [2.45, 2.75) is 20.8 Å². The van der Waals surface area contributed by atoms with Crippen LogP contribution in [0.1, 0.15) is 18.3 Å². The molecule has 100 valence electrons. The maximum absolute atomic E-state index is 13.5. The first-order valence-electron chi connectivity index (χ1n) is 6.07. The Balaban J connectivity index is 2.61. The Kier molecular flexibility index (Phi) is 4.00. The smallest absolute Gasteiger partial charge is 0.133 e. The lowest BCUT2D eigenvalue weighted by Gasteiger charge is -2.12. The third-order valence-electron chi connectivity index (χ3n) is 2.74. The van der Waals surface area contributed by atoms with E-state index in [0.717, 1.165) is 17.9 Å². The fourth-order valence-corrected chi connectivity index (χ4v) is 2.16. The van der Waals surface area contributed by atoms with Gasteiger partial charge in [-0.15, -0.1) is 0 Å². The number of halogens is 2. The van der Waals surface area contributed by atoms with Gasteiger partial charge >= 0.3 is 0 Å². The Morgan fingerprint density at radius 2 is 1.95 bits per heavy atom. The molecule has 1 aromatic heterocycles. The number of aryl methyl sites for hydroxylation is 1. The predicted octanol–water partition coefficient (Wildman–Crippen LogP) is 3.98. The molecule has 19 heavy (non-hydrogen) atoms. The van der Waals surface area contributed by atoms with E-state index in [1.54, 1.807) is 6.07 Å². The maximum Gasteiger partial charge on any atom is 0.133 e. The summed E-state index contributed by atoms with van der Waals surface area (Å²) >= 11 is 5.89. The van der Waals surface area contributed by atoms with Crippen molar-refractivity contribution < 1.29 is 4.39 Å². The van der Waals surface area contributed by atoms with Gasteiger partial charge in [-0.05, 0) is 39.0 Å². The van der Waals surface area contributed by atoms with Crippen molar-refractivity contribution in [3.05, 3.63) is 40.4 Å². The molecule has 5 heteroatoms. The highest BCUT2D eigenvalue weighted by Crippen LogP contribution is 2.28. The van der Waals surface area contributed by atoms with E-state index < -0.39 is 0 Å². The highest BCUT2D eigenvalue weighted by Gasteiger charge is 2.12. The highest BCUT2D eigenvalue weighted by molar-refractivity contribution is 6.30. The van der Waals surface area contributed by atoms with Crippen LogP contribution in [0.5, 0.6) is 0 Å². The van der Waals surface area contributed by atoms with Gasteiger partial charge in [0.25, 0.3) is 0 Å². The second-order valence-corrected chi connectivity index (χ2v) is 4.72. The number of anilines is 1. The van der Waals surface area contributed by atoms with Crippen molar-refractivity contribution in [2.24, 2.45) is 0 Å². The summed E-state index contributed by atoms with van der Waals surface area (Å²) in [5.74, 6) is 1.03. The Labute approximate surface area is 116 Å². The normalized spacial score (nSPS) is 10.6. The van der Waals surface area contributed by atoms with Crippen LogP contribution in [-0.4, -0.2) is 16.5 Å². The van der Waals surface area contributed by atoms with E-state index in [2.05, 4.69) is 15.3 Å². The van der Waals surface area contributed by atoms with Crippen molar-refractivity contribution in [1.29, 1.82) is 0 Å². The molecule has 1 N–H and O–H groups in total. The van der Waals surface area contributed by atoms with Crippen LogP contribution in [0.4, 0.5) is 10.2 Å². The molecule has 0 saturated carbocycles. The number of rotatable bonds is 3. The molecule has 0 amide bonds. The van der Waals surface area contributed by atoms with Crippen LogP contribution < -0.4 is 5.32 Å². The second-order valence-electron chi connectivity index (χ2n) is 4.28. The van der Waals surface area contributed by atoms with E-state index in [-0.39, 0.29) is 5.82 Å². The molecule has 1 heterocycles. The van der Waals surface area contributed by atoms with Gasteiger partial charge in [0.05, 0.1) is 5.69 Å². The van der Waals surface area contributed by atoms with Crippen molar-refractivity contribution in [3.63, 3.8) is 0 Å². The lowest BCUT2D eigenvalue weighted by molar-refractivity contribution is 0.628. The van der Waals surface area contributed by atoms with Crippen LogP contribution in [0.25, 0.3) is 11.3 Å². The molecule has 0 atom stereocenters. The fourth-order valence-electron chi connectivity index (χ4n) is 1.94. The monoisotopic (exact) mass is 279 g/mol. The summed E-state index contributed by atoms with van der Waals surface area (Å²) in [6.07, 6.45) is 0. The minimum atomic E-state index is -0.372. The Hall–Kier alpha value is -1.68. The summed E-state index contributed by atoms with van der Waals surface area (Å²) in [4.78, 5) is 8.74. The summed E-state index contributed by atoms with van der Waals surface area (Å²) in [7, 11) is 0. The van der Waals surface area contributed by atoms with Crippen LogP contribution in [-0.2, 0) is 0 Å². The Morgan fingerprint density at radius 3 is 2.58 bits per heavy atom. The lowest BCUT2D eigenvalue weighted by atomic mass is 10.1. The number of nitrogens with one attached hydrogen (secondary N) is 1. The highest BCUT2D eigenvalue weighted by atomic mass is 35.5. The summed E-state index contributed by atoms with van der Waals surface area (Å²) < 4.78 is 13.5. The molecule has 3 nitrogen and oxygen atoms in total. The molecule has 0 saturated heterocycles. The molecule has 0 aliphatic heterocycles. The number of nitrogens with zero attached hydrogens (tertiary/aromatic N) is 2. The molecule has 1 aromatic carbocycles. The zero-order valence-electron chi connectivity index (χ0n) is 11.1. The molecule has 0 radical (unpaired) electrons. The topological polar surface area (TPSA) is 37.8 Å². The third kappa shape index (κ3) is 3.01. The molecule has 2 aromatic rings. The molecule has 2 rings (SSSR count). The summed E-state index contributed by atoms with van der Waals surface area (Å²) in [6.45, 7) is 6.48. The number of hydrogen-bond acceptors (Lipinski definition) is 3. The van der Waals surface area contributed by atoms with Crippen LogP contribution in [0, 0.1) is 19.7 Å². The molecule has 0 aliphatic carbocycles. The first-order chi connectivity index (χ1) is 9.01. The molecular formula is C14H15ClFN3. The SMILES string of the molecule is CCNc1nc(C)nc(-c2cc(F)cc(Cl)c2)c1C. The van der Waals surface area contributed by atoms with E-state index in [4.69, 9.17) is 11.6 Å². The number of aromatic nitrogens is 2. The molecule has 0 fully saturated rings. The van der Waals surface area contributed by atoms with Gasteiger partial charge in [0.2, 0.25) is 0 Å². The zero-order chi connectivity index (χ0) is 14.0. The van der Waals surface area contributed by atoms with Gasteiger partial charge in [-0.3, -0.25) is 0 Å². The first-order valence-corrected chi connectivity index (χ1v) is 6.44. The Morgan fingerprint density at radius 1 is 1.21 bits per heavy atom. The number of benzene rings is 1. The fraction of sp³-hybridized carbons (Fsp3) is 0.286. The van der Waals surface area contributed by atoms with E-state index in [1.807, 2.05) is 20.8 Å². The average molecular weight is 280 g/mol.